The first-order chi connectivity index (χ1) is 31.1. The van der Waals surface area contributed by atoms with Gasteiger partial charge in [0.05, 0.1) is 93.5 Å². The van der Waals surface area contributed by atoms with Crippen LogP contribution in [0, 0.1) is 22.7 Å². The SMILES string of the molecule is N#Cc1ccc([C@H]2NC(=O)N(c3cccc(C(F)(F)F)c3)C3=C2C(=O)N(CCCNCCCN2CC4=C(C2=O)[C@@H](c2ccc(C#N)cc2)NC(=O)N4c2cccc(C(F)(F)F)c2)C3)cc1. The maximum atomic E-state index is 14.0. The zero-order chi connectivity index (χ0) is 46.2. The fourth-order valence-corrected chi connectivity index (χ4v) is 8.46. The minimum absolute atomic E-state index is 0.0578. The van der Waals surface area contributed by atoms with Crippen LogP contribution in [-0.4, -0.2) is 72.9 Å². The number of carbonyl (C=O) groups is 4. The normalized spacial score (nSPS) is 18.7. The molecule has 6 amide bonds. The van der Waals surface area contributed by atoms with Crippen molar-refractivity contribution in [2.75, 3.05) is 49.1 Å². The van der Waals surface area contributed by atoms with E-state index in [0.717, 1.165) is 34.1 Å². The molecule has 4 aliphatic rings. The number of nitrogens with zero attached hydrogens (tertiary/aromatic N) is 6. The molecule has 0 bridgehead atoms. The van der Waals surface area contributed by atoms with E-state index in [2.05, 4.69) is 16.0 Å². The summed E-state index contributed by atoms with van der Waals surface area (Å²) in [5, 5.41) is 27.4. The van der Waals surface area contributed by atoms with E-state index < -0.39 is 59.4 Å². The summed E-state index contributed by atoms with van der Waals surface area (Å²) in [6, 6.07) is 21.8. The Hall–Kier alpha value is -7.64. The standard InChI is InChI=1S/C46H37F6N9O4/c47-45(48,49)31-5-1-7-33(21-31)60-35-25-58(41(62)37(35)39(56-43(60)64)29-13-9-27(23-53)10-14-29)19-3-17-55-18-4-20-59-26-36-38(42(59)63)40(30-15-11-28(24-54)12-16-30)57-44(65)61(36)34-8-2-6-32(22-34)46(50,51)52/h1-2,5-16,21-22,39-40,55H,3-4,17-20,25-26H2,(H,56,64)(H,57,65)/t39-,40-/m1/s1. The summed E-state index contributed by atoms with van der Waals surface area (Å²) in [5.41, 5.74) is 0.511. The van der Waals surface area contributed by atoms with Crippen LogP contribution in [0.3, 0.4) is 0 Å². The Labute approximate surface area is 367 Å². The lowest BCUT2D eigenvalue weighted by atomic mass is 9.94. The number of halogens is 6. The summed E-state index contributed by atoms with van der Waals surface area (Å²) >= 11 is 0. The van der Waals surface area contributed by atoms with Gasteiger partial charge in [0.25, 0.3) is 11.8 Å². The smallest absolute Gasteiger partial charge is 0.333 e. The number of anilines is 2. The van der Waals surface area contributed by atoms with Gasteiger partial charge in [0.1, 0.15) is 0 Å². The van der Waals surface area contributed by atoms with Crippen molar-refractivity contribution in [3.8, 4) is 12.1 Å². The van der Waals surface area contributed by atoms with Crippen LogP contribution in [-0.2, 0) is 21.9 Å². The van der Waals surface area contributed by atoms with Crippen LogP contribution in [0.25, 0.3) is 0 Å². The summed E-state index contributed by atoms with van der Waals surface area (Å²) in [6.07, 6.45) is -8.49. The van der Waals surface area contributed by atoms with E-state index in [1.165, 1.54) is 58.3 Å². The number of amides is 6. The van der Waals surface area contributed by atoms with Crippen LogP contribution >= 0.6 is 0 Å². The summed E-state index contributed by atoms with van der Waals surface area (Å²) in [7, 11) is 0. The summed E-state index contributed by atoms with van der Waals surface area (Å²) < 4.78 is 82.2. The Morgan fingerprint density at radius 2 is 0.969 bits per heavy atom. The van der Waals surface area contributed by atoms with Gasteiger partial charge in [-0.3, -0.25) is 19.4 Å². The summed E-state index contributed by atoms with van der Waals surface area (Å²) in [5.74, 6) is -0.830. The highest BCUT2D eigenvalue weighted by Gasteiger charge is 2.47. The fourth-order valence-electron chi connectivity index (χ4n) is 8.46. The van der Waals surface area contributed by atoms with Crippen LogP contribution in [0.15, 0.2) is 120 Å². The zero-order valence-corrected chi connectivity index (χ0v) is 34.1. The van der Waals surface area contributed by atoms with Gasteiger partial charge in [0.2, 0.25) is 0 Å². The molecule has 0 fully saturated rings. The Morgan fingerprint density at radius 3 is 1.32 bits per heavy atom. The average Bonchev–Trinajstić information content (AvgIpc) is 3.79. The molecule has 19 heteroatoms. The highest BCUT2D eigenvalue weighted by Crippen LogP contribution is 2.42. The first-order valence-electron chi connectivity index (χ1n) is 20.4. The van der Waals surface area contributed by atoms with Crippen LogP contribution in [0.5, 0.6) is 0 Å². The molecule has 332 valence electrons. The number of rotatable bonds is 12. The number of urea groups is 2. The maximum absolute atomic E-state index is 14.0. The highest BCUT2D eigenvalue weighted by atomic mass is 19.4. The van der Waals surface area contributed by atoms with E-state index in [4.69, 9.17) is 0 Å². The van der Waals surface area contributed by atoms with Gasteiger partial charge in [-0.25, -0.2) is 9.59 Å². The second-order valence-corrected chi connectivity index (χ2v) is 15.6. The minimum Gasteiger partial charge on any atom is -0.333 e. The number of alkyl halides is 6. The lowest BCUT2D eigenvalue weighted by molar-refractivity contribution is -0.138. The largest absolute Gasteiger partial charge is 0.416 e. The van der Waals surface area contributed by atoms with Crippen molar-refractivity contribution < 1.29 is 45.5 Å². The molecule has 8 rings (SSSR count). The maximum Gasteiger partial charge on any atom is 0.416 e. The molecule has 4 aromatic rings. The number of carbonyl (C=O) groups excluding carboxylic acids is 4. The van der Waals surface area contributed by atoms with Gasteiger partial charge < -0.3 is 25.8 Å². The summed E-state index contributed by atoms with van der Waals surface area (Å²) in [6.45, 7) is 1.14. The molecule has 13 nitrogen and oxygen atoms in total. The van der Waals surface area contributed by atoms with Gasteiger partial charge in [-0.15, -0.1) is 0 Å². The van der Waals surface area contributed by atoms with E-state index in [0.29, 0.717) is 48.2 Å². The van der Waals surface area contributed by atoms with Crippen LogP contribution < -0.4 is 25.8 Å². The molecular formula is C46H37F6N9O4. The van der Waals surface area contributed by atoms with Crippen LogP contribution in [0.1, 0.15) is 58.3 Å². The molecule has 2 atom stereocenters. The van der Waals surface area contributed by atoms with Crippen molar-refractivity contribution in [3.63, 3.8) is 0 Å². The van der Waals surface area contributed by atoms with E-state index in [-0.39, 0.29) is 60.1 Å². The first kappa shape index (κ1) is 44.0. The van der Waals surface area contributed by atoms with Crippen molar-refractivity contribution in [2.24, 2.45) is 0 Å². The number of hydrogen-bond donors (Lipinski definition) is 3. The predicted octanol–water partition coefficient (Wildman–Crippen LogP) is 7.27. The third-order valence-corrected chi connectivity index (χ3v) is 11.6. The molecule has 4 aromatic carbocycles. The molecule has 3 N–H and O–H groups in total. The van der Waals surface area contributed by atoms with Gasteiger partial charge in [-0.1, -0.05) is 36.4 Å². The Morgan fingerprint density at radius 1 is 0.585 bits per heavy atom. The van der Waals surface area contributed by atoms with E-state index >= 15 is 0 Å². The third kappa shape index (κ3) is 8.70. The molecule has 0 unspecified atom stereocenters. The van der Waals surface area contributed by atoms with Crippen molar-refractivity contribution in [2.45, 2.75) is 37.3 Å². The molecule has 0 aliphatic carbocycles. The van der Waals surface area contributed by atoms with Gasteiger partial charge >= 0.3 is 24.4 Å². The molecular weight excluding hydrogens is 857 g/mol. The average molecular weight is 894 g/mol. The summed E-state index contributed by atoms with van der Waals surface area (Å²) in [4.78, 5) is 60.5. The van der Waals surface area contributed by atoms with Crippen molar-refractivity contribution in [1.29, 1.82) is 10.5 Å². The molecule has 0 saturated heterocycles. The monoisotopic (exact) mass is 893 g/mol. The molecule has 4 heterocycles. The Kier molecular flexibility index (Phi) is 11.8. The van der Waals surface area contributed by atoms with E-state index in [1.54, 1.807) is 24.3 Å². The lowest BCUT2D eigenvalue weighted by Gasteiger charge is -2.34. The molecule has 0 aromatic heterocycles. The zero-order valence-electron chi connectivity index (χ0n) is 34.1. The van der Waals surface area contributed by atoms with Crippen molar-refractivity contribution in [1.82, 2.24) is 25.8 Å². The van der Waals surface area contributed by atoms with E-state index in [9.17, 15) is 56.0 Å². The second kappa shape index (κ2) is 17.5. The van der Waals surface area contributed by atoms with Gasteiger partial charge in [0.15, 0.2) is 0 Å². The van der Waals surface area contributed by atoms with Crippen molar-refractivity contribution in [3.05, 3.63) is 153 Å². The molecule has 4 aliphatic heterocycles. The van der Waals surface area contributed by atoms with Gasteiger partial charge in [-0.2, -0.15) is 36.9 Å². The Balaban J connectivity index is 0.918. The quantitative estimate of drug-likeness (QED) is 0.0995. The molecule has 0 saturated carbocycles. The van der Waals surface area contributed by atoms with Crippen molar-refractivity contribution >= 4 is 35.3 Å². The van der Waals surface area contributed by atoms with Crippen LogP contribution in [0.2, 0.25) is 0 Å². The number of benzene rings is 4. The molecule has 0 spiro atoms. The number of nitriles is 2. The minimum atomic E-state index is -4.68. The predicted molar refractivity (Wildman–Crippen MR) is 222 cm³/mol. The van der Waals surface area contributed by atoms with E-state index in [1.807, 2.05) is 12.1 Å². The van der Waals surface area contributed by atoms with Gasteiger partial charge in [0, 0.05) is 13.1 Å². The lowest BCUT2D eigenvalue weighted by Crippen LogP contribution is -2.47. The highest BCUT2D eigenvalue weighted by molar-refractivity contribution is 6.08. The second-order valence-electron chi connectivity index (χ2n) is 15.6. The van der Waals surface area contributed by atoms with Crippen LogP contribution in [0.4, 0.5) is 47.3 Å². The first-order valence-corrected chi connectivity index (χ1v) is 20.4. The van der Waals surface area contributed by atoms with Gasteiger partial charge in [-0.05, 0) is 97.7 Å². The third-order valence-electron chi connectivity index (χ3n) is 11.6. The number of hydrogen-bond acceptors (Lipinski definition) is 7. The molecule has 65 heavy (non-hydrogen) atoms. The fraction of sp³-hybridized carbons (Fsp3) is 0.261. The topological polar surface area (TPSA) is 165 Å². The molecule has 0 radical (unpaired) electrons. The Bertz CT molecular complexity index is 2540. The number of nitrogens with one attached hydrogen (secondary N) is 3.